The lowest BCUT2D eigenvalue weighted by Gasteiger charge is -2.05. The van der Waals surface area contributed by atoms with E-state index in [9.17, 15) is 0 Å². The molecule has 0 aliphatic carbocycles. The van der Waals surface area contributed by atoms with E-state index in [1.807, 2.05) is 6.07 Å². The molecule has 0 spiro atoms. The number of anilines is 2. The summed E-state index contributed by atoms with van der Waals surface area (Å²) in [5.74, 6) is 0.526. The van der Waals surface area contributed by atoms with Gasteiger partial charge < -0.3 is 11.1 Å². The molecule has 16 heavy (non-hydrogen) atoms. The zero-order chi connectivity index (χ0) is 11.4. The summed E-state index contributed by atoms with van der Waals surface area (Å²) in [6.07, 6.45) is 4.99. The first-order chi connectivity index (χ1) is 7.79. The smallest absolute Gasteiger partial charge is 0.144 e. The van der Waals surface area contributed by atoms with E-state index in [1.54, 1.807) is 18.5 Å². The first kappa shape index (κ1) is 9.98. The third-order valence-electron chi connectivity index (χ3n) is 2.04. The Labute approximate surface area is 92.1 Å². The Balaban J connectivity index is 2.13. The lowest BCUT2D eigenvalue weighted by molar-refractivity contribution is 1.09. The second-order valence-corrected chi connectivity index (χ2v) is 3.24. The first-order valence-corrected chi connectivity index (χ1v) is 4.67. The van der Waals surface area contributed by atoms with Gasteiger partial charge in [0.1, 0.15) is 11.9 Å². The first-order valence-electron chi connectivity index (χ1n) is 4.67. The van der Waals surface area contributed by atoms with Gasteiger partial charge in [-0.1, -0.05) is 0 Å². The minimum Gasteiger partial charge on any atom is -0.397 e. The van der Waals surface area contributed by atoms with Gasteiger partial charge in [0.15, 0.2) is 0 Å². The Morgan fingerprint density at radius 1 is 1.50 bits per heavy atom. The number of nitrogens with two attached hydrogens (primary N) is 1. The maximum atomic E-state index is 8.90. The second kappa shape index (κ2) is 4.31. The number of pyridine rings is 1. The number of hydrogen-bond donors (Lipinski definition) is 3. The van der Waals surface area contributed by atoms with E-state index < -0.39 is 0 Å². The van der Waals surface area contributed by atoms with Crippen molar-refractivity contribution in [3.05, 3.63) is 35.8 Å². The summed E-state index contributed by atoms with van der Waals surface area (Å²) in [5, 5.41) is 18.5. The molecule has 6 nitrogen and oxygen atoms in total. The predicted octanol–water partition coefficient (Wildman–Crippen LogP) is 0.871. The molecule has 2 rings (SSSR count). The fourth-order valence-electron chi connectivity index (χ4n) is 1.27. The Bertz CT molecular complexity index is 511. The van der Waals surface area contributed by atoms with Crippen LogP contribution in [0.2, 0.25) is 0 Å². The summed E-state index contributed by atoms with van der Waals surface area (Å²) in [6, 6.07) is 3.63. The van der Waals surface area contributed by atoms with E-state index in [4.69, 9.17) is 11.0 Å². The number of nitrogens with one attached hydrogen (secondary N) is 2. The molecule has 0 aliphatic rings. The van der Waals surface area contributed by atoms with Gasteiger partial charge in [0.2, 0.25) is 0 Å². The standard InChI is InChI=1S/C10H10N6/c11-2-8-1-9(12)6-14-10(8)13-3-7-4-15-16-5-7/h1,4-6H,3,12H2,(H,13,14)(H,15,16). The minimum absolute atomic E-state index is 0.434. The number of nitriles is 1. The summed E-state index contributed by atoms with van der Waals surface area (Å²) < 4.78 is 0. The highest BCUT2D eigenvalue weighted by Crippen LogP contribution is 2.14. The van der Waals surface area contributed by atoms with Crippen molar-refractivity contribution in [2.24, 2.45) is 0 Å². The van der Waals surface area contributed by atoms with Crippen molar-refractivity contribution in [3.8, 4) is 6.07 Å². The maximum absolute atomic E-state index is 8.90. The molecule has 80 valence electrons. The number of H-pyrrole nitrogens is 1. The summed E-state index contributed by atoms with van der Waals surface area (Å²) in [4.78, 5) is 4.06. The van der Waals surface area contributed by atoms with Gasteiger partial charge in [0.05, 0.1) is 23.6 Å². The SMILES string of the molecule is N#Cc1cc(N)cnc1NCc1cn[nH]c1. The molecule has 0 saturated heterocycles. The highest BCUT2D eigenvalue weighted by atomic mass is 15.1. The number of nitrogens with zero attached hydrogens (tertiary/aromatic N) is 3. The quantitative estimate of drug-likeness (QED) is 0.703. The largest absolute Gasteiger partial charge is 0.397 e. The van der Waals surface area contributed by atoms with Crippen LogP contribution in [0.4, 0.5) is 11.5 Å². The molecule has 0 radical (unpaired) electrons. The van der Waals surface area contributed by atoms with Crippen LogP contribution in [-0.4, -0.2) is 15.2 Å². The highest BCUT2D eigenvalue weighted by Gasteiger charge is 2.03. The van der Waals surface area contributed by atoms with Crippen LogP contribution >= 0.6 is 0 Å². The van der Waals surface area contributed by atoms with Gasteiger partial charge in [-0.25, -0.2) is 4.98 Å². The van der Waals surface area contributed by atoms with Gasteiger partial charge in [0, 0.05) is 18.3 Å². The second-order valence-electron chi connectivity index (χ2n) is 3.24. The van der Waals surface area contributed by atoms with Crippen molar-refractivity contribution in [2.75, 3.05) is 11.1 Å². The van der Waals surface area contributed by atoms with Crippen LogP contribution in [-0.2, 0) is 6.54 Å². The molecule has 0 bridgehead atoms. The summed E-state index contributed by atoms with van der Waals surface area (Å²) in [7, 11) is 0. The normalized spacial score (nSPS) is 9.69. The molecule has 0 amide bonds. The Morgan fingerprint density at radius 3 is 3.06 bits per heavy atom. The van der Waals surface area contributed by atoms with Gasteiger partial charge in [0.25, 0.3) is 0 Å². The van der Waals surface area contributed by atoms with E-state index in [2.05, 4.69) is 20.5 Å². The van der Waals surface area contributed by atoms with E-state index in [1.165, 1.54) is 6.20 Å². The van der Waals surface area contributed by atoms with Crippen LogP contribution in [0.25, 0.3) is 0 Å². The average Bonchev–Trinajstić information content (AvgIpc) is 2.80. The van der Waals surface area contributed by atoms with Crippen molar-refractivity contribution >= 4 is 11.5 Å². The molecule has 6 heteroatoms. The zero-order valence-electron chi connectivity index (χ0n) is 8.44. The Morgan fingerprint density at radius 2 is 2.38 bits per heavy atom. The summed E-state index contributed by atoms with van der Waals surface area (Å²) in [6.45, 7) is 0.558. The molecule has 2 heterocycles. The van der Waals surface area contributed by atoms with Crippen LogP contribution < -0.4 is 11.1 Å². The Hall–Kier alpha value is -2.55. The molecule has 0 atom stereocenters. The third-order valence-corrected chi connectivity index (χ3v) is 2.04. The molecule has 0 saturated carbocycles. The van der Waals surface area contributed by atoms with Crippen molar-refractivity contribution < 1.29 is 0 Å². The Kier molecular flexibility index (Phi) is 2.69. The van der Waals surface area contributed by atoms with E-state index in [0.717, 1.165) is 5.56 Å². The molecule has 2 aromatic rings. The van der Waals surface area contributed by atoms with E-state index in [0.29, 0.717) is 23.6 Å². The van der Waals surface area contributed by atoms with Crippen molar-refractivity contribution in [1.29, 1.82) is 5.26 Å². The van der Waals surface area contributed by atoms with Crippen LogP contribution in [0.3, 0.4) is 0 Å². The van der Waals surface area contributed by atoms with Crippen LogP contribution in [0.1, 0.15) is 11.1 Å². The van der Waals surface area contributed by atoms with Crippen LogP contribution in [0.15, 0.2) is 24.7 Å². The molecule has 0 aliphatic heterocycles. The van der Waals surface area contributed by atoms with Crippen molar-refractivity contribution in [3.63, 3.8) is 0 Å². The number of aromatic nitrogens is 3. The van der Waals surface area contributed by atoms with Gasteiger partial charge in [-0.2, -0.15) is 10.4 Å². The van der Waals surface area contributed by atoms with Gasteiger partial charge in [-0.3, -0.25) is 5.10 Å². The molecule has 0 unspecified atom stereocenters. The topological polar surface area (TPSA) is 103 Å². The average molecular weight is 214 g/mol. The minimum atomic E-state index is 0.434. The van der Waals surface area contributed by atoms with E-state index >= 15 is 0 Å². The number of rotatable bonds is 3. The van der Waals surface area contributed by atoms with Gasteiger partial charge >= 0.3 is 0 Å². The maximum Gasteiger partial charge on any atom is 0.144 e. The molecule has 0 fully saturated rings. The fraction of sp³-hybridized carbons (Fsp3) is 0.100. The molecule has 2 aromatic heterocycles. The fourth-order valence-corrected chi connectivity index (χ4v) is 1.27. The van der Waals surface area contributed by atoms with Crippen molar-refractivity contribution in [1.82, 2.24) is 15.2 Å². The molecule has 4 N–H and O–H groups in total. The molecular weight excluding hydrogens is 204 g/mol. The highest BCUT2D eigenvalue weighted by molar-refractivity contribution is 5.57. The number of aromatic amines is 1. The van der Waals surface area contributed by atoms with E-state index in [-0.39, 0.29) is 0 Å². The lowest BCUT2D eigenvalue weighted by Crippen LogP contribution is -2.03. The van der Waals surface area contributed by atoms with Crippen LogP contribution in [0, 0.1) is 11.3 Å². The molecular formula is C10H10N6. The van der Waals surface area contributed by atoms with Gasteiger partial charge in [-0.15, -0.1) is 0 Å². The summed E-state index contributed by atoms with van der Waals surface area (Å²) in [5.41, 5.74) is 7.44. The summed E-state index contributed by atoms with van der Waals surface area (Å²) >= 11 is 0. The number of hydrogen-bond acceptors (Lipinski definition) is 5. The number of nitrogen functional groups attached to an aromatic ring is 1. The predicted molar refractivity (Wildman–Crippen MR) is 59.3 cm³/mol. The van der Waals surface area contributed by atoms with Crippen molar-refractivity contribution in [2.45, 2.75) is 6.54 Å². The molecule has 0 aromatic carbocycles. The van der Waals surface area contributed by atoms with Crippen LogP contribution in [0.5, 0.6) is 0 Å². The zero-order valence-corrected chi connectivity index (χ0v) is 8.44. The lowest BCUT2D eigenvalue weighted by atomic mass is 10.2. The monoisotopic (exact) mass is 214 g/mol. The third kappa shape index (κ3) is 2.09. The van der Waals surface area contributed by atoms with Gasteiger partial charge in [-0.05, 0) is 6.07 Å².